The second-order valence-electron chi connectivity index (χ2n) is 7.73. The predicted molar refractivity (Wildman–Crippen MR) is 114 cm³/mol. The summed E-state index contributed by atoms with van der Waals surface area (Å²) in [6.45, 7) is 4.57. The van der Waals surface area contributed by atoms with Crippen LogP contribution < -0.4 is 5.73 Å². The highest BCUT2D eigenvalue weighted by atomic mass is 14.6. The molecule has 0 aliphatic heterocycles. The second-order valence-corrected chi connectivity index (χ2v) is 7.73. The summed E-state index contributed by atoms with van der Waals surface area (Å²) in [6.07, 6.45) is 21.6. The Kier molecular flexibility index (Phi) is 13.5. The fourth-order valence-electron chi connectivity index (χ4n) is 3.73. The number of anilines is 1. The van der Waals surface area contributed by atoms with Crippen LogP contribution in [0, 0.1) is 0 Å². The Morgan fingerprint density at radius 3 is 1.64 bits per heavy atom. The van der Waals surface area contributed by atoms with Gasteiger partial charge in [-0.1, -0.05) is 103 Å². The minimum atomic E-state index is 1.02. The van der Waals surface area contributed by atoms with E-state index in [-0.39, 0.29) is 0 Å². The van der Waals surface area contributed by atoms with Gasteiger partial charge in [0, 0.05) is 5.69 Å². The van der Waals surface area contributed by atoms with Crippen molar-refractivity contribution in [1.82, 2.24) is 0 Å². The van der Waals surface area contributed by atoms with Gasteiger partial charge in [0.05, 0.1) is 0 Å². The van der Waals surface area contributed by atoms with Crippen molar-refractivity contribution in [3.05, 3.63) is 29.3 Å². The van der Waals surface area contributed by atoms with Crippen molar-refractivity contribution in [3.63, 3.8) is 0 Å². The van der Waals surface area contributed by atoms with Gasteiger partial charge < -0.3 is 5.73 Å². The van der Waals surface area contributed by atoms with Crippen molar-refractivity contribution in [2.45, 2.75) is 117 Å². The fraction of sp³-hybridized carbons (Fsp3) is 0.750. The van der Waals surface area contributed by atoms with Crippen LogP contribution in [0.2, 0.25) is 0 Å². The molecule has 0 amide bonds. The zero-order valence-electron chi connectivity index (χ0n) is 17.1. The van der Waals surface area contributed by atoms with Crippen molar-refractivity contribution < 1.29 is 0 Å². The summed E-state index contributed by atoms with van der Waals surface area (Å²) in [7, 11) is 0. The average Bonchev–Trinajstić information content (AvgIpc) is 2.62. The van der Waals surface area contributed by atoms with E-state index in [0.717, 1.165) is 5.69 Å². The first kappa shape index (κ1) is 22.1. The monoisotopic (exact) mass is 345 g/mol. The first-order valence-electron chi connectivity index (χ1n) is 11.2. The maximum absolute atomic E-state index is 6.29. The number of rotatable bonds is 16. The molecule has 0 saturated heterocycles. The molecule has 1 aromatic carbocycles. The molecule has 1 heteroatoms. The maximum Gasteiger partial charge on any atom is 0.0349 e. The van der Waals surface area contributed by atoms with Gasteiger partial charge in [0.1, 0.15) is 0 Å². The molecule has 0 fully saturated rings. The first-order chi connectivity index (χ1) is 12.3. The molecular weight excluding hydrogens is 302 g/mol. The highest BCUT2D eigenvalue weighted by molar-refractivity contribution is 5.51. The van der Waals surface area contributed by atoms with Gasteiger partial charge in [0.2, 0.25) is 0 Å². The van der Waals surface area contributed by atoms with Gasteiger partial charge in [-0.25, -0.2) is 0 Å². The van der Waals surface area contributed by atoms with Crippen molar-refractivity contribution in [1.29, 1.82) is 0 Å². The summed E-state index contributed by atoms with van der Waals surface area (Å²) in [5, 5.41) is 0. The molecule has 0 aliphatic carbocycles. The highest BCUT2D eigenvalue weighted by Crippen LogP contribution is 2.22. The number of benzene rings is 1. The molecule has 1 nitrogen and oxygen atoms in total. The third-order valence-electron chi connectivity index (χ3n) is 5.39. The minimum Gasteiger partial charge on any atom is -0.398 e. The Hall–Kier alpha value is -0.980. The van der Waals surface area contributed by atoms with E-state index in [1.165, 1.54) is 114 Å². The van der Waals surface area contributed by atoms with Crippen LogP contribution in [-0.2, 0) is 12.8 Å². The molecular formula is C24H43N. The Balaban J connectivity index is 2.26. The van der Waals surface area contributed by atoms with E-state index in [2.05, 4.69) is 32.0 Å². The van der Waals surface area contributed by atoms with Crippen molar-refractivity contribution in [2.24, 2.45) is 0 Å². The molecule has 0 spiro atoms. The lowest BCUT2D eigenvalue weighted by molar-refractivity contribution is 0.583. The van der Waals surface area contributed by atoms with Crippen LogP contribution in [0.1, 0.15) is 115 Å². The van der Waals surface area contributed by atoms with E-state index in [1.807, 2.05) is 0 Å². The molecule has 1 rings (SSSR count). The van der Waals surface area contributed by atoms with Crippen LogP contribution >= 0.6 is 0 Å². The maximum atomic E-state index is 6.29. The summed E-state index contributed by atoms with van der Waals surface area (Å²) >= 11 is 0. The Morgan fingerprint density at radius 2 is 1.08 bits per heavy atom. The molecule has 1 aromatic rings. The standard InChI is InChI=1S/C24H43N/c1-3-5-7-9-11-13-15-18-22-19-17-21-24(25)23(22)20-16-14-12-10-8-6-4-2/h17,19,21H,3-16,18,20,25H2,1-2H3. The van der Waals surface area contributed by atoms with Crippen molar-refractivity contribution in [3.8, 4) is 0 Å². The minimum absolute atomic E-state index is 1.02. The fourth-order valence-corrected chi connectivity index (χ4v) is 3.73. The van der Waals surface area contributed by atoms with Crippen LogP contribution in [0.15, 0.2) is 18.2 Å². The summed E-state index contributed by atoms with van der Waals surface area (Å²) in [4.78, 5) is 0. The second kappa shape index (κ2) is 15.3. The molecule has 0 heterocycles. The largest absolute Gasteiger partial charge is 0.398 e. The highest BCUT2D eigenvalue weighted by Gasteiger charge is 2.06. The van der Waals surface area contributed by atoms with Gasteiger partial charge in [-0.05, 0) is 42.9 Å². The van der Waals surface area contributed by atoms with E-state index in [1.54, 1.807) is 0 Å². The molecule has 0 saturated carbocycles. The molecule has 0 bridgehead atoms. The summed E-state index contributed by atoms with van der Waals surface area (Å²) in [5.74, 6) is 0. The lowest BCUT2D eigenvalue weighted by Gasteiger charge is -2.12. The normalized spacial score (nSPS) is 11.1. The van der Waals surface area contributed by atoms with Crippen molar-refractivity contribution in [2.75, 3.05) is 5.73 Å². The van der Waals surface area contributed by atoms with Crippen LogP contribution in [0.3, 0.4) is 0 Å². The summed E-state index contributed by atoms with van der Waals surface area (Å²) in [5.41, 5.74) is 10.3. The van der Waals surface area contributed by atoms with Crippen LogP contribution in [0.4, 0.5) is 5.69 Å². The zero-order chi connectivity index (χ0) is 18.2. The number of hydrogen-bond acceptors (Lipinski definition) is 1. The topological polar surface area (TPSA) is 26.0 Å². The van der Waals surface area contributed by atoms with Gasteiger partial charge in [0.25, 0.3) is 0 Å². The third-order valence-corrected chi connectivity index (χ3v) is 5.39. The number of hydrogen-bond donors (Lipinski definition) is 1. The van der Waals surface area contributed by atoms with Gasteiger partial charge in [0.15, 0.2) is 0 Å². The lowest BCUT2D eigenvalue weighted by atomic mass is 9.95. The van der Waals surface area contributed by atoms with Crippen LogP contribution in [0.25, 0.3) is 0 Å². The van der Waals surface area contributed by atoms with Gasteiger partial charge in [-0.15, -0.1) is 0 Å². The van der Waals surface area contributed by atoms with Gasteiger partial charge in [-0.2, -0.15) is 0 Å². The first-order valence-corrected chi connectivity index (χ1v) is 11.2. The smallest absolute Gasteiger partial charge is 0.0349 e. The van der Waals surface area contributed by atoms with Crippen LogP contribution in [0.5, 0.6) is 0 Å². The Bertz CT molecular complexity index is 424. The number of aryl methyl sites for hydroxylation is 1. The average molecular weight is 346 g/mol. The lowest BCUT2D eigenvalue weighted by Crippen LogP contribution is -2.01. The predicted octanol–water partition coefficient (Wildman–Crippen LogP) is 7.86. The number of nitrogens with two attached hydrogens (primary N) is 1. The SMILES string of the molecule is CCCCCCCCCc1cccc(N)c1CCCCCCCCC. The summed E-state index contributed by atoms with van der Waals surface area (Å²) in [6, 6.07) is 6.54. The molecule has 144 valence electrons. The molecule has 2 N–H and O–H groups in total. The zero-order valence-corrected chi connectivity index (χ0v) is 17.1. The molecule has 0 aliphatic rings. The summed E-state index contributed by atoms with van der Waals surface area (Å²) < 4.78 is 0. The third kappa shape index (κ3) is 10.6. The molecule has 0 aromatic heterocycles. The van der Waals surface area contributed by atoms with Crippen LogP contribution in [-0.4, -0.2) is 0 Å². The quantitative estimate of drug-likeness (QED) is 0.239. The van der Waals surface area contributed by atoms with E-state index in [9.17, 15) is 0 Å². The van der Waals surface area contributed by atoms with E-state index >= 15 is 0 Å². The van der Waals surface area contributed by atoms with Gasteiger partial charge >= 0.3 is 0 Å². The molecule has 0 atom stereocenters. The van der Waals surface area contributed by atoms with Crippen molar-refractivity contribution >= 4 is 5.69 Å². The Morgan fingerprint density at radius 1 is 0.600 bits per heavy atom. The van der Waals surface area contributed by atoms with E-state index in [4.69, 9.17) is 5.73 Å². The molecule has 0 radical (unpaired) electrons. The molecule has 25 heavy (non-hydrogen) atoms. The number of unbranched alkanes of at least 4 members (excludes halogenated alkanes) is 12. The van der Waals surface area contributed by atoms with Gasteiger partial charge in [-0.3, -0.25) is 0 Å². The molecule has 0 unspecified atom stereocenters. The van der Waals surface area contributed by atoms with E-state index in [0.29, 0.717) is 0 Å². The Labute approximate surface area is 157 Å². The van der Waals surface area contributed by atoms with E-state index < -0.39 is 0 Å². The number of nitrogen functional groups attached to an aromatic ring is 1.